The van der Waals surface area contributed by atoms with Crippen LogP contribution >= 0.6 is 0 Å². The lowest BCUT2D eigenvalue weighted by Gasteiger charge is -2.26. The average Bonchev–Trinajstić information content (AvgIpc) is 3.26. The highest BCUT2D eigenvalue weighted by atomic mass is 32.2. The Labute approximate surface area is 185 Å². The number of aromatic nitrogens is 1. The summed E-state index contributed by atoms with van der Waals surface area (Å²) in [5, 5.41) is 2.39. The predicted molar refractivity (Wildman–Crippen MR) is 114 cm³/mol. The Hall–Kier alpha value is -3.02. The molecule has 0 spiro atoms. The molecule has 2 aliphatic heterocycles. The first kappa shape index (κ1) is 22.2. The quantitative estimate of drug-likeness (QED) is 0.504. The number of aryl methyl sites for hydroxylation is 1. The van der Waals surface area contributed by atoms with Crippen LogP contribution in [0.5, 0.6) is 0 Å². The summed E-state index contributed by atoms with van der Waals surface area (Å²) in [6.45, 7) is 4.41. The standard InChI is InChI=1S/C21H24N4O6S/c1-14-10-18(19(26)13-24-20(27)12-22-21(24)28)15(2)25(14)16-4-3-5-17(11-16)32(29,30)23-6-8-31-9-7-23/h3-5,10-11H,6-9,12-13H2,1-2H3,(H,22,28). The van der Waals surface area contributed by atoms with E-state index >= 15 is 0 Å². The van der Waals surface area contributed by atoms with Crippen LogP contribution in [0.15, 0.2) is 35.2 Å². The van der Waals surface area contributed by atoms with E-state index in [0.29, 0.717) is 43.2 Å². The van der Waals surface area contributed by atoms with Crippen molar-refractivity contribution in [1.29, 1.82) is 0 Å². The van der Waals surface area contributed by atoms with Crippen LogP contribution < -0.4 is 5.32 Å². The lowest BCUT2D eigenvalue weighted by molar-refractivity contribution is -0.124. The number of urea groups is 1. The van der Waals surface area contributed by atoms with Crippen molar-refractivity contribution in [1.82, 2.24) is 19.1 Å². The van der Waals surface area contributed by atoms with Gasteiger partial charge >= 0.3 is 6.03 Å². The third-order valence-corrected chi connectivity index (χ3v) is 7.55. The van der Waals surface area contributed by atoms with Crippen LogP contribution in [0.25, 0.3) is 5.69 Å². The van der Waals surface area contributed by atoms with Crippen molar-refractivity contribution < 1.29 is 27.5 Å². The van der Waals surface area contributed by atoms with Gasteiger partial charge < -0.3 is 14.6 Å². The van der Waals surface area contributed by atoms with E-state index in [4.69, 9.17) is 4.74 Å². The molecule has 1 aromatic heterocycles. The smallest absolute Gasteiger partial charge is 0.325 e. The fourth-order valence-electron chi connectivity index (χ4n) is 4.01. The van der Waals surface area contributed by atoms with Crippen molar-refractivity contribution in [3.63, 3.8) is 0 Å². The topological polar surface area (TPSA) is 118 Å². The van der Waals surface area contributed by atoms with E-state index in [2.05, 4.69) is 5.32 Å². The number of benzene rings is 1. The maximum absolute atomic E-state index is 13.0. The minimum Gasteiger partial charge on any atom is -0.379 e. The van der Waals surface area contributed by atoms with E-state index in [1.54, 1.807) is 48.7 Å². The summed E-state index contributed by atoms with van der Waals surface area (Å²) >= 11 is 0. The number of hydrogen-bond donors (Lipinski definition) is 1. The van der Waals surface area contributed by atoms with Gasteiger partial charge in [-0.15, -0.1) is 0 Å². The normalized spacial score (nSPS) is 17.6. The Bertz CT molecular complexity index is 1180. The van der Waals surface area contributed by atoms with Gasteiger partial charge in [0.25, 0.3) is 0 Å². The average molecular weight is 461 g/mol. The van der Waals surface area contributed by atoms with E-state index in [-0.39, 0.29) is 23.8 Å². The van der Waals surface area contributed by atoms with Gasteiger partial charge in [0.15, 0.2) is 5.78 Å². The molecule has 3 amide bonds. The van der Waals surface area contributed by atoms with Gasteiger partial charge in [0.1, 0.15) is 0 Å². The summed E-state index contributed by atoms with van der Waals surface area (Å²) in [7, 11) is -3.67. The Morgan fingerprint density at radius 1 is 1.12 bits per heavy atom. The second-order valence-corrected chi connectivity index (χ2v) is 9.63. The summed E-state index contributed by atoms with van der Waals surface area (Å²) in [5.74, 6) is -0.815. The number of nitrogens with one attached hydrogen (secondary N) is 1. The molecule has 2 saturated heterocycles. The van der Waals surface area contributed by atoms with Crippen LogP contribution in [0.3, 0.4) is 0 Å². The number of hydrogen-bond acceptors (Lipinski definition) is 6. The van der Waals surface area contributed by atoms with Crippen LogP contribution in [0, 0.1) is 13.8 Å². The lowest BCUT2D eigenvalue weighted by atomic mass is 10.1. The maximum atomic E-state index is 13.0. The second kappa shape index (κ2) is 8.49. The summed E-state index contributed by atoms with van der Waals surface area (Å²) in [6.07, 6.45) is 0. The number of Topliss-reactive ketones (excluding diaryl/α,β-unsaturated/α-hetero) is 1. The number of ketones is 1. The predicted octanol–water partition coefficient (Wildman–Crippen LogP) is 0.850. The van der Waals surface area contributed by atoms with Gasteiger partial charge in [0.2, 0.25) is 15.9 Å². The highest BCUT2D eigenvalue weighted by molar-refractivity contribution is 7.89. The van der Waals surface area contributed by atoms with Crippen LogP contribution in [0.4, 0.5) is 4.79 Å². The summed E-state index contributed by atoms with van der Waals surface area (Å²) in [5.41, 5.74) is 2.30. The van der Waals surface area contributed by atoms with Gasteiger partial charge in [-0.2, -0.15) is 4.31 Å². The largest absolute Gasteiger partial charge is 0.379 e. The van der Waals surface area contributed by atoms with E-state index in [0.717, 1.165) is 10.6 Å². The second-order valence-electron chi connectivity index (χ2n) is 7.70. The molecule has 2 aliphatic rings. The number of imide groups is 1. The third kappa shape index (κ3) is 3.94. The summed E-state index contributed by atoms with van der Waals surface area (Å²) in [4.78, 5) is 37.5. The molecule has 3 heterocycles. The molecule has 0 atom stereocenters. The van der Waals surface area contributed by atoms with Crippen molar-refractivity contribution in [3.8, 4) is 5.69 Å². The summed E-state index contributed by atoms with van der Waals surface area (Å²) in [6, 6.07) is 7.65. The van der Waals surface area contributed by atoms with Gasteiger partial charge in [-0.3, -0.25) is 14.5 Å². The number of carbonyl (C=O) groups excluding carboxylic acids is 3. The number of rotatable bonds is 6. The molecule has 1 N–H and O–H groups in total. The number of sulfonamides is 1. The minimum atomic E-state index is -3.67. The molecule has 0 unspecified atom stereocenters. The van der Waals surface area contributed by atoms with Crippen LogP contribution in [-0.4, -0.2) is 79.3 Å². The van der Waals surface area contributed by atoms with Gasteiger partial charge in [0.05, 0.1) is 31.2 Å². The van der Waals surface area contributed by atoms with Crippen molar-refractivity contribution in [2.45, 2.75) is 18.7 Å². The first-order chi connectivity index (χ1) is 15.2. The monoisotopic (exact) mass is 460 g/mol. The Kier molecular flexibility index (Phi) is 5.89. The zero-order chi connectivity index (χ0) is 23.0. The highest BCUT2D eigenvalue weighted by Crippen LogP contribution is 2.25. The molecule has 4 rings (SSSR count). The number of ether oxygens (including phenoxy) is 1. The third-order valence-electron chi connectivity index (χ3n) is 5.65. The van der Waals surface area contributed by atoms with E-state index in [9.17, 15) is 22.8 Å². The highest BCUT2D eigenvalue weighted by Gasteiger charge is 2.31. The first-order valence-electron chi connectivity index (χ1n) is 10.2. The van der Waals surface area contributed by atoms with E-state index in [1.165, 1.54) is 4.31 Å². The van der Waals surface area contributed by atoms with Crippen molar-refractivity contribution in [2.24, 2.45) is 0 Å². The van der Waals surface area contributed by atoms with E-state index in [1.807, 2.05) is 0 Å². The minimum absolute atomic E-state index is 0.116. The molecule has 0 aliphatic carbocycles. The molecule has 0 radical (unpaired) electrons. The fraction of sp³-hybridized carbons (Fsp3) is 0.381. The van der Waals surface area contributed by atoms with Crippen LogP contribution in [-0.2, 0) is 19.6 Å². The molecular formula is C21H24N4O6S. The summed E-state index contributed by atoms with van der Waals surface area (Å²) < 4.78 is 34.5. The first-order valence-corrected chi connectivity index (χ1v) is 11.6. The number of morpholine rings is 1. The zero-order valence-corrected chi connectivity index (χ0v) is 18.6. The zero-order valence-electron chi connectivity index (χ0n) is 17.8. The molecule has 10 nitrogen and oxygen atoms in total. The van der Waals surface area contributed by atoms with Crippen LogP contribution in [0.1, 0.15) is 21.7 Å². The molecule has 2 fully saturated rings. The SMILES string of the molecule is Cc1cc(C(=O)CN2C(=O)CNC2=O)c(C)n1-c1cccc(S(=O)(=O)N2CCOCC2)c1. The molecular weight excluding hydrogens is 436 g/mol. The van der Waals surface area contributed by atoms with Gasteiger partial charge in [-0.25, -0.2) is 13.2 Å². The molecule has 1 aromatic carbocycles. The van der Waals surface area contributed by atoms with Gasteiger partial charge in [-0.05, 0) is 38.1 Å². The molecule has 0 bridgehead atoms. The van der Waals surface area contributed by atoms with Gasteiger partial charge in [-0.1, -0.05) is 6.07 Å². The molecule has 170 valence electrons. The van der Waals surface area contributed by atoms with E-state index < -0.39 is 22.0 Å². The molecule has 0 saturated carbocycles. The maximum Gasteiger partial charge on any atom is 0.325 e. The van der Waals surface area contributed by atoms with Crippen molar-refractivity contribution in [2.75, 3.05) is 39.4 Å². The molecule has 11 heteroatoms. The number of amides is 3. The Morgan fingerprint density at radius 2 is 1.84 bits per heavy atom. The number of nitrogens with zero attached hydrogens (tertiary/aromatic N) is 3. The van der Waals surface area contributed by atoms with Crippen LogP contribution in [0.2, 0.25) is 0 Å². The Balaban J connectivity index is 1.64. The molecule has 32 heavy (non-hydrogen) atoms. The van der Waals surface area contributed by atoms with Gasteiger partial charge in [0, 0.05) is 35.7 Å². The van der Waals surface area contributed by atoms with Crippen molar-refractivity contribution >= 4 is 27.7 Å². The van der Waals surface area contributed by atoms with Crippen molar-refractivity contribution in [3.05, 3.63) is 47.3 Å². The lowest BCUT2D eigenvalue weighted by Crippen LogP contribution is -2.40. The molecule has 2 aromatic rings. The fourth-order valence-corrected chi connectivity index (χ4v) is 5.45. The Morgan fingerprint density at radius 3 is 2.50 bits per heavy atom. The number of carbonyl (C=O) groups is 3.